The minimum Gasteiger partial charge on any atom is -0.453 e. The molecule has 6 nitrogen and oxygen atoms in total. The van der Waals surface area contributed by atoms with E-state index in [-0.39, 0.29) is 12.1 Å². The molecule has 6 heteroatoms. The number of piperazine rings is 1. The van der Waals surface area contributed by atoms with Crippen molar-refractivity contribution in [2.45, 2.75) is 6.92 Å². The second-order valence-electron chi connectivity index (χ2n) is 3.65. The van der Waals surface area contributed by atoms with Crippen molar-refractivity contribution in [3.63, 3.8) is 0 Å². The monoisotopic (exact) mass is 227 g/mol. The highest BCUT2D eigenvalue weighted by Crippen LogP contribution is 2.03. The summed E-state index contributed by atoms with van der Waals surface area (Å²) in [4.78, 5) is 26.0. The summed E-state index contributed by atoms with van der Waals surface area (Å²) in [5.41, 5.74) is 0.611. The van der Waals surface area contributed by atoms with Crippen molar-refractivity contribution in [3.8, 4) is 0 Å². The van der Waals surface area contributed by atoms with Crippen LogP contribution in [0.25, 0.3) is 0 Å². The Balaban J connectivity index is 2.40. The molecule has 1 rings (SSSR count). The Morgan fingerprint density at radius 1 is 1.19 bits per heavy atom. The van der Waals surface area contributed by atoms with E-state index in [1.54, 1.807) is 16.7 Å². The number of methoxy groups -OCH3 is 1. The third-order valence-electron chi connectivity index (χ3n) is 2.32. The van der Waals surface area contributed by atoms with Crippen LogP contribution in [0, 0.1) is 0 Å². The lowest BCUT2D eigenvalue weighted by atomic mass is 10.3. The standard InChI is InChI=1S/C10H17N3O3/c1-8(2)11-9(14)12-4-6-13(7-5-12)10(15)16-3/h1,4-7H2,2-3H3,(H,11,14). The lowest BCUT2D eigenvalue weighted by molar-refractivity contribution is 0.0975. The molecule has 0 spiro atoms. The summed E-state index contributed by atoms with van der Waals surface area (Å²) < 4.78 is 4.60. The maximum Gasteiger partial charge on any atom is 0.409 e. The molecule has 90 valence electrons. The van der Waals surface area contributed by atoms with Gasteiger partial charge in [0.05, 0.1) is 7.11 Å². The molecule has 1 heterocycles. The molecule has 0 aromatic heterocycles. The topological polar surface area (TPSA) is 61.9 Å². The molecule has 16 heavy (non-hydrogen) atoms. The fourth-order valence-electron chi connectivity index (χ4n) is 1.48. The van der Waals surface area contributed by atoms with Crippen LogP contribution >= 0.6 is 0 Å². The molecule has 0 saturated carbocycles. The van der Waals surface area contributed by atoms with Gasteiger partial charge in [0.25, 0.3) is 0 Å². The van der Waals surface area contributed by atoms with E-state index in [1.807, 2.05) is 0 Å². The zero-order valence-electron chi connectivity index (χ0n) is 9.65. The molecular formula is C10H17N3O3. The first kappa shape index (κ1) is 12.4. The van der Waals surface area contributed by atoms with Crippen molar-refractivity contribution in [1.82, 2.24) is 15.1 Å². The van der Waals surface area contributed by atoms with Crippen LogP contribution in [0.2, 0.25) is 0 Å². The van der Waals surface area contributed by atoms with Crippen LogP contribution in [0.1, 0.15) is 6.92 Å². The molecule has 0 bridgehead atoms. The number of urea groups is 1. The molecule has 1 N–H and O–H groups in total. The highest BCUT2D eigenvalue weighted by Gasteiger charge is 2.24. The van der Waals surface area contributed by atoms with Crippen molar-refractivity contribution in [2.75, 3.05) is 33.3 Å². The molecular weight excluding hydrogens is 210 g/mol. The number of amides is 3. The highest BCUT2D eigenvalue weighted by atomic mass is 16.5. The normalized spacial score (nSPS) is 15.6. The first-order chi connectivity index (χ1) is 7.54. The van der Waals surface area contributed by atoms with Crippen LogP contribution in [-0.4, -0.2) is 55.2 Å². The number of nitrogens with zero attached hydrogens (tertiary/aromatic N) is 2. The van der Waals surface area contributed by atoms with E-state index in [0.29, 0.717) is 31.9 Å². The van der Waals surface area contributed by atoms with Crippen molar-refractivity contribution in [1.29, 1.82) is 0 Å². The van der Waals surface area contributed by atoms with E-state index in [2.05, 4.69) is 16.6 Å². The summed E-state index contributed by atoms with van der Waals surface area (Å²) in [5, 5.41) is 2.63. The van der Waals surface area contributed by atoms with Gasteiger partial charge in [-0.3, -0.25) is 0 Å². The number of nitrogens with one attached hydrogen (secondary N) is 1. The molecule has 1 aliphatic heterocycles. The second-order valence-corrected chi connectivity index (χ2v) is 3.65. The van der Waals surface area contributed by atoms with Gasteiger partial charge in [0.1, 0.15) is 0 Å². The number of ether oxygens (including phenoxy) is 1. The molecule has 1 saturated heterocycles. The first-order valence-electron chi connectivity index (χ1n) is 5.09. The van der Waals surface area contributed by atoms with Crippen LogP contribution in [0.4, 0.5) is 9.59 Å². The average Bonchev–Trinajstić information content (AvgIpc) is 2.27. The highest BCUT2D eigenvalue weighted by molar-refractivity contribution is 5.76. The lowest BCUT2D eigenvalue weighted by Gasteiger charge is -2.33. The van der Waals surface area contributed by atoms with Gasteiger partial charge in [-0.1, -0.05) is 6.58 Å². The maximum absolute atomic E-state index is 11.6. The Labute approximate surface area is 94.8 Å². The number of carbonyl (C=O) groups excluding carboxylic acids is 2. The van der Waals surface area contributed by atoms with Gasteiger partial charge < -0.3 is 19.9 Å². The van der Waals surface area contributed by atoms with Crippen LogP contribution in [0.15, 0.2) is 12.3 Å². The molecule has 1 fully saturated rings. The smallest absolute Gasteiger partial charge is 0.409 e. The van der Waals surface area contributed by atoms with Gasteiger partial charge >= 0.3 is 12.1 Å². The Morgan fingerprint density at radius 3 is 2.12 bits per heavy atom. The van der Waals surface area contributed by atoms with E-state index < -0.39 is 0 Å². The zero-order chi connectivity index (χ0) is 12.1. The predicted octanol–water partition coefficient (Wildman–Crippen LogP) is 0.614. The molecule has 3 amide bonds. The third-order valence-corrected chi connectivity index (χ3v) is 2.32. The van der Waals surface area contributed by atoms with Gasteiger partial charge in [-0.25, -0.2) is 9.59 Å². The SMILES string of the molecule is C=C(C)NC(=O)N1CCN(C(=O)OC)CC1. The van der Waals surface area contributed by atoms with Gasteiger partial charge in [-0.2, -0.15) is 0 Å². The third kappa shape index (κ3) is 3.15. The zero-order valence-corrected chi connectivity index (χ0v) is 9.65. The van der Waals surface area contributed by atoms with Crippen molar-refractivity contribution in [3.05, 3.63) is 12.3 Å². The van der Waals surface area contributed by atoms with E-state index >= 15 is 0 Å². The molecule has 0 aromatic carbocycles. The molecule has 0 aromatic rings. The minimum atomic E-state index is -0.347. The lowest BCUT2D eigenvalue weighted by Crippen LogP contribution is -2.52. The molecule has 0 radical (unpaired) electrons. The summed E-state index contributed by atoms with van der Waals surface area (Å²) in [6.07, 6.45) is -0.347. The van der Waals surface area contributed by atoms with E-state index in [0.717, 1.165) is 0 Å². The summed E-state index contributed by atoms with van der Waals surface area (Å²) in [6, 6.07) is -0.169. The second kappa shape index (κ2) is 5.39. The number of rotatable bonds is 1. The fourth-order valence-corrected chi connectivity index (χ4v) is 1.48. The Hall–Kier alpha value is -1.72. The van der Waals surface area contributed by atoms with Crippen LogP contribution in [0.3, 0.4) is 0 Å². The van der Waals surface area contributed by atoms with E-state index in [1.165, 1.54) is 7.11 Å². The Kier molecular flexibility index (Phi) is 4.16. The van der Waals surface area contributed by atoms with Gasteiger partial charge in [0.2, 0.25) is 0 Å². The quantitative estimate of drug-likeness (QED) is 0.714. The first-order valence-corrected chi connectivity index (χ1v) is 5.09. The van der Waals surface area contributed by atoms with Gasteiger partial charge in [0.15, 0.2) is 0 Å². The largest absolute Gasteiger partial charge is 0.453 e. The Bertz CT molecular complexity index is 296. The summed E-state index contributed by atoms with van der Waals surface area (Å²) >= 11 is 0. The van der Waals surface area contributed by atoms with Crippen molar-refractivity contribution in [2.24, 2.45) is 0 Å². The predicted molar refractivity (Wildman–Crippen MR) is 58.9 cm³/mol. The van der Waals surface area contributed by atoms with Gasteiger partial charge in [0, 0.05) is 31.9 Å². The number of allylic oxidation sites excluding steroid dienone is 1. The summed E-state index contributed by atoms with van der Waals surface area (Å²) in [6.45, 7) is 7.34. The van der Waals surface area contributed by atoms with Crippen LogP contribution in [0.5, 0.6) is 0 Å². The summed E-state index contributed by atoms with van der Waals surface area (Å²) in [7, 11) is 1.35. The fraction of sp³-hybridized carbons (Fsp3) is 0.600. The number of hydrogen-bond donors (Lipinski definition) is 1. The van der Waals surface area contributed by atoms with Crippen LogP contribution < -0.4 is 5.32 Å². The molecule has 1 aliphatic rings. The van der Waals surface area contributed by atoms with Gasteiger partial charge in [-0.05, 0) is 6.92 Å². The van der Waals surface area contributed by atoms with E-state index in [4.69, 9.17) is 0 Å². The molecule has 0 unspecified atom stereocenters. The molecule has 0 atom stereocenters. The molecule has 0 aliphatic carbocycles. The minimum absolute atomic E-state index is 0.169. The van der Waals surface area contributed by atoms with Crippen molar-refractivity contribution >= 4 is 12.1 Å². The number of hydrogen-bond acceptors (Lipinski definition) is 3. The van der Waals surface area contributed by atoms with E-state index in [9.17, 15) is 9.59 Å². The van der Waals surface area contributed by atoms with Crippen LogP contribution in [-0.2, 0) is 4.74 Å². The van der Waals surface area contributed by atoms with Gasteiger partial charge in [-0.15, -0.1) is 0 Å². The van der Waals surface area contributed by atoms with Crippen molar-refractivity contribution < 1.29 is 14.3 Å². The Morgan fingerprint density at radius 2 is 1.69 bits per heavy atom. The summed E-state index contributed by atoms with van der Waals surface area (Å²) in [5.74, 6) is 0. The average molecular weight is 227 g/mol. The number of carbonyl (C=O) groups is 2. The maximum atomic E-state index is 11.6.